The summed E-state index contributed by atoms with van der Waals surface area (Å²) in [6.45, 7) is 4.78. The Kier molecular flexibility index (Phi) is 8.60. The number of rotatable bonds is 10. The molecule has 196 valence electrons. The van der Waals surface area contributed by atoms with E-state index in [0.29, 0.717) is 18.2 Å². The van der Waals surface area contributed by atoms with Crippen LogP contribution in [0.4, 0.5) is 11.4 Å². The number of anilines is 2. The number of hydrogen-bond acceptors (Lipinski definition) is 6. The van der Waals surface area contributed by atoms with E-state index in [1.54, 1.807) is 0 Å². The molecule has 1 fully saturated rings. The van der Waals surface area contributed by atoms with Gasteiger partial charge in [0, 0.05) is 36.6 Å². The van der Waals surface area contributed by atoms with Gasteiger partial charge in [0.1, 0.15) is 11.6 Å². The third-order valence-corrected chi connectivity index (χ3v) is 7.44. The molecule has 1 aromatic heterocycles. The fraction of sp³-hybridized carbons (Fsp3) is 0.300. The standard InChI is InChI=1S/C30H33N5O2S/c1-2-37-27-17-15-26(16-18-27)35-28(21-23-9-5-3-6-10-23)32-33-30(35)38-22-29(36)31-24-11-13-25(14-12-24)34-19-7-4-8-20-34/h3,5-6,9-18H,2,4,7-8,19-22H2,1H3,(H,31,36). The second-order valence-electron chi connectivity index (χ2n) is 9.25. The summed E-state index contributed by atoms with van der Waals surface area (Å²) in [6.07, 6.45) is 4.42. The van der Waals surface area contributed by atoms with Crippen LogP contribution in [0.3, 0.4) is 0 Å². The first-order chi connectivity index (χ1) is 18.7. The number of benzene rings is 3. The summed E-state index contributed by atoms with van der Waals surface area (Å²) in [5.41, 5.74) is 4.09. The Labute approximate surface area is 228 Å². The zero-order chi connectivity index (χ0) is 26.2. The summed E-state index contributed by atoms with van der Waals surface area (Å²) in [5.74, 6) is 1.78. The van der Waals surface area contributed by atoms with Gasteiger partial charge in [-0.15, -0.1) is 10.2 Å². The lowest BCUT2D eigenvalue weighted by atomic mass is 10.1. The minimum Gasteiger partial charge on any atom is -0.494 e. The number of nitrogens with one attached hydrogen (secondary N) is 1. The maximum atomic E-state index is 12.8. The van der Waals surface area contributed by atoms with E-state index >= 15 is 0 Å². The van der Waals surface area contributed by atoms with Crippen LogP contribution in [0.15, 0.2) is 84.0 Å². The van der Waals surface area contributed by atoms with E-state index in [1.165, 1.54) is 36.7 Å². The van der Waals surface area contributed by atoms with Crippen molar-refractivity contribution in [3.63, 3.8) is 0 Å². The summed E-state index contributed by atoms with van der Waals surface area (Å²) < 4.78 is 7.63. The largest absolute Gasteiger partial charge is 0.494 e. The number of carbonyl (C=O) groups is 1. The lowest BCUT2D eigenvalue weighted by Gasteiger charge is -2.28. The summed E-state index contributed by atoms with van der Waals surface area (Å²) in [4.78, 5) is 15.2. The predicted octanol–water partition coefficient (Wildman–Crippen LogP) is 5.98. The molecule has 1 amide bonds. The van der Waals surface area contributed by atoms with Crippen molar-refractivity contribution in [3.05, 3.63) is 90.3 Å². The van der Waals surface area contributed by atoms with Crippen LogP contribution in [0, 0.1) is 0 Å². The molecule has 0 spiro atoms. The van der Waals surface area contributed by atoms with Crippen molar-refractivity contribution >= 4 is 29.0 Å². The molecule has 3 aromatic carbocycles. The molecule has 1 saturated heterocycles. The first-order valence-corrected chi connectivity index (χ1v) is 14.2. The van der Waals surface area contributed by atoms with Gasteiger partial charge in [0.15, 0.2) is 5.16 Å². The topological polar surface area (TPSA) is 72.3 Å². The third kappa shape index (κ3) is 6.55. The van der Waals surface area contributed by atoms with Crippen LogP contribution >= 0.6 is 11.8 Å². The fourth-order valence-electron chi connectivity index (χ4n) is 4.64. The molecule has 0 bridgehead atoms. The number of piperidine rings is 1. The van der Waals surface area contributed by atoms with Crippen molar-refractivity contribution in [2.75, 3.05) is 35.7 Å². The molecule has 1 N–H and O–H groups in total. The highest BCUT2D eigenvalue weighted by Gasteiger charge is 2.17. The minimum absolute atomic E-state index is 0.0772. The number of ether oxygens (including phenoxy) is 1. The average molecular weight is 528 g/mol. The highest BCUT2D eigenvalue weighted by Crippen LogP contribution is 2.26. The van der Waals surface area contributed by atoms with Gasteiger partial charge in [-0.05, 0) is 80.3 Å². The highest BCUT2D eigenvalue weighted by molar-refractivity contribution is 7.99. The second kappa shape index (κ2) is 12.6. The van der Waals surface area contributed by atoms with E-state index in [9.17, 15) is 4.79 Å². The van der Waals surface area contributed by atoms with Crippen LogP contribution in [-0.4, -0.2) is 46.1 Å². The van der Waals surface area contributed by atoms with Crippen LogP contribution in [0.2, 0.25) is 0 Å². The van der Waals surface area contributed by atoms with Crippen LogP contribution in [0.25, 0.3) is 5.69 Å². The number of aromatic nitrogens is 3. The lowest BCUT2D eigenvalue weighted by molar-refractivity contribution is -0.113. The van der Waals surface area contributed by atoms with E-state index in [0.717, 1.165) is 41.6 Å². The smallest absolute Gasteiger partial charge is 0.234 e. The van der Waals surface area contributed by atoms with Crippen molar-refractivity contribution < 1.29 is 9.53 Å². The summed E-state index contributed by atoms with van der Waals surface area (Å²) >= 11 is 1.38. The van der Waals surface area contributed by atoms with Gasteiger partial charge in [0.05, 0.1) is 12.4 Å². The molecule has 1 aliphatic rings. The average Bonchev–Trinajstić information content (AvgIpc) is 3.36. The molecule has 0 unspecified atom stereocenters. The number of hydrogen-bond donors (Lipinski definition) is 1. The van der Waals surface area contributed by atoms with Crippen LogP contribution < -0.4 is 15.0 Å². The highest BCUT2D eigenvalue weighted by atomic mass is 32.2. The zero-order valence-electron chi connectivity index (χ0n) is 21.7. The van der Waals surface area contributed by atoms with Gasteiger partial charge in [-0.3, -0.25) is 9.36 Å². The van der Waals surface area contributed by atoms with Crippen LogP contribution in [0.1, 0.15) is 37.6 Å². The first kappa shape index (κ1) is 25.9. The summed E-state index contributed by atoms with van der Waals surface area (Å²) in [5, 5.41) is 12.6. The van der Waals surface area contributed by atoms with Crippen molar-refractivity contribution in [2.45, 2.75) is 37.8 Å². The fourth-order valence-corrected chi connectivity index (χ4v) is 5.41. The van der Waals surface area contributed by atoms with E-state index in [-0.39, 0.29) is 11.7 Å². The van der Waals surface area contributed by atoms with Gasteiger partial charge < -0.3 is 15.0 Å². The van der Waals surface area contributed by atoms with Gasteiger partial charge in [-0.25, -0.2) is 0 Å². The Hall–Kier alpha value is -3.78. The maximum absolute atomic E-state index is 12.8. The molecule has 0 atom stereocenters. The Morgan fingerprint density at radius 1 is 0.895 bits per heavy atom. The molecule has 0 aliphatic carbocycles. The van der Waals surface area contributed by atoms with Crippen molar-refractivity contribution in [3.8, 4) is 11.4 Å². The summed E-state index contributed by atoms with van der Waals surface area (Å²) in [6, 6.07) is 26.2. The van der Waals surface area contributed by atoms with Crippen molar-refractivity contribution in [1.82, 2.24) is 14.8 Å². The maximum Gasteiger partial charge on any atom is 0.234 e. The zero-order valence-corrected chi connectivity index (χ0v) is 22.5. The monoisotopic (exact) mass is 527 g/mol. The molecule has 0 radical (unpaired) electrons. The van der Waals surface area contributed by atoms with Gasteiger partial charge in [0.2, 0.25) is 5.91 Å². The molecular formula is C30H33N5O2S. The summed E-state index contributed by atoms with van der Waals surface area (Å²) in [7, 11) is 0. The Morgan fingerprint density at radius 3 is 2.32 bits per heavy atom. The van der Waals surface area contributed by atoms with Gasteiger partial charge in [-0.1, -0.05) is 42.1 Å². The molecule has 1 aliphatic heterocycles. The normalized spacial score (nSPS) is 13.3. The second-order valence-corrected chi connectivity index (χ2v) is 10.2. The van der Waals surface area contributed by atoms with Crippen molar-refractivity contribution in [1.29, 1.82) is 0 Å². The number of amides is 1. The number of carbonyl (C=O) groups excluding carboxylic acids is 1. The molecular weight excluding hydrogens is 494 g/mol. The molecule has 8 heteroatoms. The van der Waals surface area contributed by atoms with E-state index < -0.39 is 0 Å². The number of nitrogens with zero attached hydrogens (tertiary/aromatic N) is 4. The predicted molar refractivity (Wildman–Crippen MR) is 154 cm³/mol. The Bertz CT molecular complexity index is 1320. The van der Waals surface area contributed by atoms with Gasteiger partial charge in [-0.2, -0.15) is 0 Å². The minimum atomic E-state index is -0.0772. The molecule has 4 aromatic rings. The van der Waals surface area contributed by atoms with E-state index in [2.05, 4.69) is 44.7 Å². The van der Waals surface area contributed by atoms with Gasteiger partial charge in [0.25, 0.3) is 0 Å². The quantitative estimate of drug-likeness (QED) is 0.256. The lowest BCUT2D eigenvalue weighted by Crippen LogP contribution is -2.29. The van der Waals surface area contributed by atoms with E-state index in [1.807, 2.05) is 66.1 Å². The molecule has 7 nitrogen and oxygen atoms in total. The Morgan fingerprint density at radius 2 is 1.61 bits per heavy atom. The Balaban J connectivity index is 1.28. The first-order valence-electron chi connectivity index (χ1n) is 13.2. The SMILES string of the molecule is CCOc1ccc(-n2c(Cc3ccccc3)nnc2SCC(=O)Nc2ccc(N3CCCCC3)cc2)cc1. The van der Waals surface area contributed by atoms with E-state index in [4.69, 9.17) is 4.74 Å². The molecule has 2 heterocycles. The molecule has 5 rings (SSSR count). The van der Waals surface area contributed by atoms with Crippen LogP contribution in [-0.2, 0) is 11.2 Å². The van der Waals surface area contributed by atoms with Crippen molar-refractivity contribution in [2.24, 2.45) is 0 Å². The number of thioether (sulfide) groups is 1. The van der Waals surface area contributed by atoms with Gasteiger partial charge >= 0.3 is 0 Å². The molecule has 0 saturated carbocycles. The molecule has 38 heavy (non-hydrogen) atoms. The van der Waals surface area contributed by atoms with Crippen LogP contribution in [0.5, 0.6) is 5.75 Å². The third-order valence-electron chi connectivity index (χ3n) is 6.52.